The van der Waals surface area contributed by atoms with Crippen molar-refractivity contribution in [2.75, 3.05) is 26.4 Å². The molecule has 588 valence electrons. The topological polar surface area (TPSA) is 307 Å². The minimum atomic E-state index is -1.97. The van der Waals surface area contributed by atoms with Gasteiger partial charge in [-0.05, 0) is 51.4 Å². The minimum Gasteiger partial charge on any atom is -0.394 e. The third kappa shape index (κ3) is 41.8. The maximum atomic E-state index is 13.5. The second kappa shape index (κ2) is 62.1. The van der Waals surface area contributed by atoms with E-state index >= 15 is 0 Å². The number of amides is 1. The molecule has 3 fully saturated rings. The summed E-state index contributed by atoms with van der Waals surface area (Å²) in [7, 11) is 0. The summed E-state index contributed by atoms with van der Waals surface area (Å²) in [6.07, 6.45) is 49.8. The van der Waals surface area contributed by atoms with Gasteiger partial charge >= 0.3 is 0 Å². The van der Waals surface area contributed by atoms with Crippen LogP contribution in [0.5, 0.6) is 0 Å². The van der Waals surface area contributed by atoms with Gasteiger partial charge in [-0.15, -0.1) is 0 Å². The quantitative estimate of drug-likeness (QED) is 0.0199. The maximum absolute atomic E-state index is 13.5. The lowest BCUT2D eigenvalue weighted by Crippen LogP contribution is -2.66. The molecule has 0 saturated carbocycles. The molecule has 12 N–H and O–H groups in total. The number of allylic oxidation sites excluding steroid dienone is 6. The monoisotopic (exact) mass is 1430 g/mol. The molecule has 17 atom stereocenters. The van der Waals surface area contributed by atoms with E-state index in [1.54, 1.807) is 0 Å². The van der Waals surface area contributed by atoms with Gasteiger partial charge in [0.1, 0.15) is 73.2 Å². The second-order valence-electron chi connectivity index (χ2n) is 29.6. The van der Waals surface area contributed by atoms with Gasteiger partial charge in [0.2, 0.25) is 5.91 Å². The molecule has 3 aliphatic rings. The predicted molar refractivity (Wildman–Crippen MR) is 397 cm³/mol. The largest absolute Gasteiger partial charge is 0.394 e. The van der Waals surface area contributed by atoms with E-state index in [1.807, 2.05) is 0 Å². The van der Waals surface area contributed by atoms with Crippen LogP contribution in [0.4, 0.5) is 0 Å². The van der Waals surface area contributed by atoms with E-state index in [2.05, 4.69) is 55.6 Å². The van der Waals surface area contributed by atoms with Gasteiger partial charge in [-0.3, -0.25) is 4.79 Å². The highest BCUT2D eigenvalue weighted by Gasteiger charge is 2.54. The van der Waals surface area contributed by atoms with Crippen molar-refractivity contribution < 1.29 is 89.4 Å². The van der Waals surface area contributed by atoms with Crippen molar-refractivity contribution in [1.82, 2.24) is 5.32 Å². The number of aliphatic hydroxyl groups is 11. The highest BCUT2D eigenvalue weighted by molar-refractivity contribution is 5.76. The Bertz CT molecular complexity index is 1950. The molecule has 0 radical (unpaired) electrons. The fourth-order valence-corrected chi connectivity index (χ4v) is 14.1. The summed E-state index contributed by atoms with van der Waals surface area (Å²) in [4.78, 5) is 13.5. The lowest BCUT2D eigenvalue weighted by molar-refractivity contribution is -0.379. The zero-order chi connectivity index (χ0) is 72.5. The fraction of sp³-hybridized carbons (Fsp3) is 0.914. The number of carbonyl (C=O) groups is 1. The van der Waals surface area contributed by atoms with Gasteiger partial charge in [0.25, 0.3) is 0 Å². The van der Waals surface area contributed by atoms with Crippen LogP contribution in [0, 0.1) is 0 Å². The van der Waals surface area contributed by atoms with E-state index in [4.69, 9.17) is 28.4 Å². The van der Waals surface area contributed by atoms with Crippen LogP contribution in [0.3, 0.4) is 0 Å². The number of unbranched alkanes of at least 4 members (excludes halogenated alkanes) is 44. The highest BCUT2D eigenvalue weighted by atomic mass is 16.8. The molecule has 3 aliphatic heterocycles. The third-order valence-electron chi connectivity index (χ3n) is 20.7. The highest BCUT2D eigenvalue weighted by Crippen LogP contribution is 2.33. The van der Waals surface area contributed by atoms with Gasteiger partial charge in [0.15, 0.2) is 18.9 Å². The van der Waals surface area contributed by atoms with Crippen molar-refractivity contribution in [3.05, 3.63) is 36.5 Å². The minimum absolute atomic E-state index is 0.237. The molecule has 19 heteroatoms. The number of ether oxygens (including phenoxy) is 6. The van der Waals surface area contributed by atoms with Crippen LogP contribution in [0.15, 0.2) is 36.5 Å². The Hall–Kier alpha value is -1.99. The molecule has 3 heterocycles. The molecule has 19 nitrogen and oxygen atoms in total. The Labute approximate surface area is 606 Å². The molecule has 0 spiro atoms. The van der Waals surface area contributed by atoms with Crippen molar-refractivity contribution >= 4 is 5.91 Å². The molecule has 0 aromatic heterocycles. The predicted octanol–water partition coefficient (Wildman–Crippen LogP) is 13.9. The Morgan fingerprint density at radius 1 is 0.360 bits per heavy atom. The number of nitrogens with one attached hydrogen (secondary N) is 1. The SMILES string of the molecule is CCCCCCC/C=C\C/C=C\C/C=C\CCCCCCCCCCCCCCCCCCCCCCCCCCCCC(=O)NC(COC1OC(CO)C(OC2OC(CO)C(OC3OC(CO)C(O)C(O)C3O)C(O)C2O)C(O)C1O)C(O)CCCCCCCCCCCCCCCC. The summed E-state index contributed by atoms with van der Waals surface area (Å²) in [6, 6.07) is -0.885. The normalized spacial score (nSPS) is 26.6. The van der Waals surface area contributed by atoms with Crippen LogP contribution >= 0.6 is 0 Å². The average Bonchev–Trinajstić information content (AvgIpc) is 0.783. The summed E-state index contributed by atoms with van der Waals surface area (Å²) < 4.78 is 34.5. The number of rotatable bonds is 66. The fourth-order valence-electron chi connectivity index (χ4n) is 14.1. The maximum Gasteiger partial charge on any atom is 0.220 e. The molecule has 1 amide bonds. The van der Waals surface area contributed by atoms with Gasteiger partial charge in [-0.1, -0.05) is 320 Å². The van der Waals surface area contributed by atoms with Crippen molar-refractivity contribution in [3.8, 4) is 0 Å². The van der Waals surface area contributed by atoms with E-state index in [0.29, 0.717) is 12.8 Å². The smallest absolute Gasteiger partial charge is 0.220 e. The van der Waals surface area contributed by atoms with Crippen molar-refractivity contribution in [2.24, 2.45) is 0 Å². The van der Waals surface area contributed by atoms with Crippen LogP contribution < -0.4 is 5.32 Å². The van der Waals surface area contributed by atoms with E-state index in [0.717, 1.165) is 57.8 Å². The van der Waals surface area contributed by atoms with Crippen LogP contribution in [-0.4, -0.2) is 193 Å². The summed E-state index contributed by atoms with van der Waals surface area (Å²) in [5, 5.41) is 121. The number of carbonyl (C=O) groups excluding carboxylic acids is 1. The van der Waals surface area contributed by atoms with Crippen molar-refractivity contribution in [3.63, 3.8) is 0 Å². The summed E-state index contributed by atoms with van der Waals surface area (Å²) in [5.41, 5.74) is 0. The van der Waals surface area contributed by atoms with E-state index < -0.39 is 124 Å². The molecule has 3 saturated heterocycles. The molecule has 0 aromatic rings. The van der Waals surface area contributed by atoms with Gasteiger partial charge in [-0.25, -0.2) is 0 Å². The van der Waals surface area contributed by atoms with Crippen LogP contribution in [-0.2, 0) is 33.2 Å². The molecule has 17 unspecified atom stereocenters. The molecule has 0 aromatic carbocycles. The lowest BCUT2D eigenvalue weighted by Gasteiger charge is -2.48. The summed E-state index contributed by atoms with van der Waals surface area (Å²) in [5.74, 6) is -0.237. The van der Waals surface area contributed by atoms with Gasteiger partial charge in [0.05, 0.1) is 38.6 Å². The summed E-state index contributed by atoms with van der Waals surface area (Å²) in [6.45, 7) is 1.82. The molecule has 0 aliphatic carbocycles. The van der Waals surface area contributed by atoms with Crippen molar-refractivity contribution in [2.45, 2.75) is 446 Å². The van der Waals surface area contributed by atoms with Gasteiger partial charge < -0.3 is 89.9 Å². The Morgan fingerprint density at radius 2 is 0.660 bits per heavy atom. The first-order valence-corrected chi connectivity index (χ1v) is 41.2. The van der Waals surface area contributed by atoms with E-state index in [9.17, 15) is 61.0 Å². The third-order valence-corrected chi connectivity index (χ3v) is 20.7. The lowest BCUT2D eigenvalue weighted by atomic mass is 9.96. The molecule has 0 bridgehead atoms. The first kappa shape index (κ1) is 92.2. The standard InChI is InChI=1S/C81H151NO18/c1-3-5-7-9-11-13-15-17-19-20-21-22-23-24-25-26-27-28-29-30-31-32-33-34-35-36-37-38-39-40-41-42-43-44-45-47-49-51-53-55-57-59-69(87)82-64(65(86)58-56-54-52-50-48-46-18-16-14-12-10-8-6-4-2)63-95-79-75(93)72(90)77(67(61-84)97-79)100-81-76(94)73(91)78(68(62-85)98-81)99-80-74(92)71(89)70(88)66(60-83)96-80/h15,17,20-21,23-24,64-68,70-81,83-86,88-94H,3-14,16,18-19,22,25-63H2,1-2H3,(H,82,87)/b17-15-,21-20-,24-23-. The van der Waals surface area contributed by atoms with Gasteiger partial charge in [0, 0.05) is 6.42 Å². The zero-order valence-electron chi connectivity index (χ0n) is 62.9. The Morgan fingerprint density at radius 3 is 1.03 bits per heavy atom. The van der Waals surface area contributed by atoms with Gasteiger partial charge in [-0.2, -0.15) is 0 Å². The van der Waals surface area contributed by atoms with Crippen LogP contribution in [0.2, 0.25) is 0 Å². The second-order valence-corrected chi connectivity index (χ2v) is 29.6. The first-order chi connectivity index (χ1) is 48.8. The zero-order valence-corrected chi connectivity index (χ0v) is 62.9. The Balaban J connectivity index is 1.26. The average molecular weight is 1430 g/mol. The molecular weight excluding hydrogens is 1270 g/mol. The number of aliphatic hydroxyl groups excluding tert-OH is 11. The van der Waals surface area contributed by atoms with E-state index in [-0.39, 0.29) is 18.9 Å². The van der Waals surface area contributed by atoms with E-state index in [1.165, 1.54) is 250 Å². The molecular formula is C81H151NO18. The number of hydrogen-bond donors (Lipinski definition) is 12. The summed E-state index contributed by atoms with van der Waals surface area (Å²) >= 11 is 0. The first-order valence-electron chi connectivity index (χ1n) is 41.2. The van der Waals surface area contributed by atoms with Crippen LogP contribution in [0.1, 0.15) is 341 Å². The van der Waals surface area contributed by atoms with Crippen molar-refractivity contribution in [1.29, 1.82) is 0 Å². The number of hydrogen-bond acceptors (Lipinski definition) is 18. The molecule has 100 heavy (non-hydrogen) atoms. The Kier molecular flexibility index (Phi) is 57.3. The molecule has 3 rings (SSSR count). The van der Waals surface area contributed by atoms with Crippen LogP contribution in [0.25, 0.3) is 0 Å².